The summed E-state index contributed by atoms with van der Waals surface area (Å²) < 4.78 is 4.97. The smallest absolute Gasteiger partial charge is 0.253 e. The first-order valence-corrected chi connectivity index (χ1v) is 6.74. The molecule has 0 aliphatic carbocycles. The molecule has 0 aliphatic heterocycles. The number of aryl methyl sites for hydroxylation is 1. The highest BCUT2D eigenvalue weighted by Gasteiger charge is 2.11. The Morgan fingerprint density at radius 1 is 1.35 bits per heavy atom. The zero-order valence-corrected chi connectivity index (χ0v) is 11.8. The van der Waals surface area contributed by atoms with Gasteiger partial charge in [-0.05, 0) is 25.5 Å². The molecule has 1 aromatic carbocycles. The van der Waals surface area contributed by atoms with Gasteiger partial charge in [0.1, 0.15) is 11.5 Å². The van der Waals surface area contributed by atoms with Crippen molar-refractivity contribution in [1.29, 1.82) is 0 Å². The van der Waals surface area contributed by atoms with Crippen molar-refractivity contribution in [1.82, 2.24) is 10.5 Å². The van der Waals surface area contributed by atoms with E-state index in [0.29, 0.717) is 12.1 Å². The van der Waals surface area contributed by atoms with Gasteiger partial charge in [-0.15, -0.1) is 0 Å². The molecule has 20 heavy (non-hydrogen) atoms. The summed E-state index contributed by atoms with van der Waals surface area (Å²) in [6, 6.07) is 9.29. The van der Waals surface area contributed by atoms with Gasteiger partial charge in [-0.2, -0.15) is 0 Å². The van der Waals surface area contributed by atoms with Gasteiger partial charge in [-0.1, -0.05) is 24.2 Å². The van der Waals surface area contributed by atoms with Gasteiger partial charge in [0.15, 0.2) is 0 Å². The Morgan fingerprint density at radius 2 is 2.15 bits per heavy atom. The third-order valence-corrected chi connectivity index (χ3v) is 2.84. The molecule has 0 unspecified atom stereocenters. The Morgan fingerprint density at radius 3 is 2.85 bits per heavy atom. The Bertz CT molecular complexity index is 578. The molecule has 106 valence electrons. The summed E-state index contributed by atoms with van der Waals surface area (Å²) in [5.74, 6) is 0.615. The van der Waals surface area contributed by atoms with Crippen molar-refractivity contribution in [2.45, 2.75) is 26.8 Å². The molecule has 0 saturated heterocycles. The molecule has 0 atom stereocenters. The van der Waals surface area contributed by atoms with E-state index in [9.17, 15) is 4.79 Å². The maximum atomic E-state index is 12.2. The third kappa shape index (κ3) is 3.60. The first-order chi connectivity index (χ1) is 9.70. The number of carbonyl (C=O) groups excluding carboxylic acids is 1. The summed E-state index contributed by atoms with van der Waals surface area (Å²) in [4.78, 5) is 12.2. The van der Waals surface area contributed by atoms with Crippen LogP contribution in [0.2, 0.25) is 0 Å². The van der Waals surface area contributed by atoms with Gasteiger partial charge in [-0.3, -0.25) is 4.79 Å². The minimum atomic E-state index is -0.121. The molecule has 1 amide bonds. The number of amides is 1. The van der Waals surface area contributed by atoms with Crippen molar-refractivity contribution in [2.24, 2.45) is 0 Å². The number of hydrogen-bond acceptors (Lipinski definition) is 4. The van der Waals surface area contributed by atoms with Gasteiger partial charge in [0.05, 0.1) is 12.1 Å². The summed E-state index contributed by atoms with van der Waals surface area (Å²) in [6.07, 6.45) is 1.01. The molecule has 1 aromatic heterocycles. The molecule has 0 bridgehead atoms. The van der Waals surface area contributed by atoms with Crippen LogP contribution in [-0.4, -0.2) is 17.6 Å². The Hall–Kier alpha value is -2.30. The van der Waals surface area contributed by atoms with E-state index in [1.807, 2.05) is 31.2 Å². The predicted octanol–water partition coefficient (Wildman–Crippen LogP) is 2.73. The van der Waals surface area contributed by atoms with Crippen molar-refractivity contribution in [3.05, 3.63) is 47.3 Å². The lowest BCUT2D eigenvalue weighted by atomic mass is 10.1. The van der Waals surface area contributed by atoms with E-state index in [0.717, 1.165) is 30.1 Å². The van der Waals surface area contributed by atoms with Crippen molar-refractivity contribution in [3.63, 3.8) is 0 Å². The fourth-order valence-corrected chi connectivity index (χ4v) is 1.86. The van der Waals surface area contributed by atoms with Crippen molar-refractivity contribution < 1.29 is 9.32 Å². The lowest BCUT2D eigenvalue weighted by Crippen LogP contribution is -2.24. The second-order valence-electron chi connectivity index (χ2n) is 4.58. The Kier molecular flexibility index (Phi) is 4.76. The maximum Gasteiger partial charge on any atom is 0.253 e. The molecule has 2 aromatic rings. The van der Waals surface area contributed by atoms with E-state index in [-0.39, 0.29) is 5.91 Å². The highest BCUT2D eigenvalue weighted by Crippen LogP contribution is 2.15. The second-order valence-corrected chi connectivity index (χ2v) is 4.58. The van der Waals surface area contributed by atoms with Crippen molar-refractivity contribution >= 4 is 11.6 Å². The van der Waals surface area contributed by atoms with E-state index in [1.54, 1.807) is 6.07 Å². The van der Waals surface area contributed by atoms with E-state index >= 15 is 0 Å². The normalized spacial score (nSPS) is 10.3. The summed E-state index contributed by atoms with van der Waals surface area (Å²) in [5, 5.41) is 9.94. The first kappa shape index (κ1) is 14.1. The summed E-state index contributed by atoms with van der Waals surface area (Å²) in [7, 11) is 0. The van der Waals surface area contributed by atoms with Crippen molar-refractivity contribution in [2.75, 3.05) is 11.9 Å². The van der Waals surface area contributed by atoms with Gasteiger partial charge in [-0.25, -0.2) is 0 Å². The van der Waals surface area contributed by atoms with Gasteiger partial charge in [0.2, 0.25) is 0 Å². The molecule has 0 saturated carbocycles. The zero-order chi connectivity index (χ0) is 14.4. The lowest BCUT2D eigenvalue weighted by molar-refractivity contribution is 0.0951. The Labute approximate surface area is 118 Å². The van der Waals surface area contributed by atoms with Crippen LogP contribution in [-0.2, 0) is 6.54 Å². The molecule has 0 fully saturated rings. The van der Waals surface area contributed by atoms with Gasteiger partial charge in [0, 0.05) is 18.3 Å². The molecule has 5 nitrogen and oxygen atoms in total. The number of benzene rings is 1. The SMILES string of the molecule is CCCNc1ccccc1C(=O)NCc1cc(C)on1. The van der Waals surface area contributed by atoms with Crippen LogP contribution in [0.15, 0.2) is 34.9 Å². The topological polar surface area (TPSA) is 67.2 Å². The minimum absolute atomic E-state index is 0.121. The van der Waals surface area contributed by atoms with E-state index in [4.69, 9.17) is 4.52 Å². The monoisotopic (exact) mass is 273 g/mol. The molecule has 5 heteroatoms. The van der Waals surface area contributed by atoms with E-state index in [1.165, 1.54) is 0 Å². The minimum Gasteiger partial charge on any atom is -0.384 e. The molecule has 0 aliphatic rings. The molecule has 2 N–H and O–H groups in total. The highest BCUT2D eigenvalue weighted by molar-refractivity contribution is 5.99. The summed E-state index contributed by atoms with van der Waals surface area (Å²) >= 11 is 0. The number of aromatic nitrogens is 1. The lowest BCUT2D eigenvalue weighted by Gasteiger charge is -2.10. The quantitative estimate of drug-likeness (QED) is 0.849. The predicted molar refractivity (Wildman–Crippen MR) is 77.6 cm³/mol. The maximum absolute atomic E-state index is 12.2. The van der Waals surface area contributed by atoms with Gasteiger partial charge < -0.3 is 15.2 Å². The number of anilines is 1. The van der Waals surface area contributed by atoms with Crippen LogP contribution in [0.1, 0.15) is 35.2 Å². The third-order valence-electron chi connectivity index (χ3n) is 2.84. The standard InChI is InChI=1S/C15H19N3O2/c1-3-8-16-14-7-5-4-6-13(14)15(19)17-10-12-9-11(2)20-18-12/h4-7,9,16H,3,8,10H2,1-2H3,(H,17,19). The molecule has 0 spiro atoms. The van der Waals surface area contributed by atoms with Crippen LogP contribution in [0, 0.1) is 6.92 Å². The number of nitrogens with one attached hydrogen (secondary N) is 2. The van der Waals surface area contributed by atoms with Crippen molar-refractivity contribution in [3.8, 4) is 0 Å². The molecule has 1 heterocycles. The fraction of sp³-hybridized carbons (Fsp3) is 0.333. The van der Waals surface area contributed by atoms with Crippen LogP contribution < -0.4 is 10.6 Å². The number of nitrogens with zero attached hydrogens (tertiary/aromatic N) is 1. The van der Waals surface area contributed by atoms with Crippen LogP contribution >= 0.6 is 0 Å². The molecular formula is C15H19N3O2. The second kappa shape index (κ2) is 6.75. The highest BCUT2D eigenvalue weighted by atomic mass is 16.5. The fourth-order valence-electron chi connectivity index (χ4n) is 1.86. The largest absolute Gasteiger partial charge is 0.384 e. The van der Waals surface area contributed by atoms with Crippen LogP contribution in [0.4, 0.5) is 5.69 Å². The molecular weight excluding hydrogens is 254 g/mol. The van der Waals surface area contributed by atoms with Gasteiger partial charge in [0.25, 0.3) is 5.91 Å². The van der Waals surface area contributed by atoms with Crippen LogP contribution in [0.3, 0.4) is 0 Å². The Balaban J connectivity index is 2.01. The molecule has 0 radical (unpaired) electrons. The van der Waals surface area contributed by atoms with E-state index in [2.05, 4.69) is 22.7 Å². The summed E-state index contributed by atoms with van der Waals surface area (Å²) in [5.41, 5.74) is 2.21. The van der Waals surface area contributed by atoms with Gasteiger partial charge >= 0.3 is 0 Å². The molecule has 2 rings (SSSR count). The van der Waals surface area contributed by atoms with Crippen LogP contribution in [0.25, 0.3) is 0 Å². The summed E-state index contributed by atoms with van der Waals surface area (Å²) in [6.45, 7) is 5.11. The zero-order valence-electron chi connectivity index (χ0n) is 11.8. The average Bonchev–Trinajstić information content (AvgIpc) is 2.88. The number of para-hydroxylation sites is 1. The first-order valence-electron chi connectivity index (χ1n) is 6.74. The number of carbonyl (C=O) groups is 1. The number of rotatable bonds is 6. The van der Waals surface area contributed by atoms with E-state index < -0.39 is 0 Å². The number of hydrogen-bond donors (Lipinski definition) is 2. The van der Waals surface area contributed by atoms with Crippen LogP contribution in [0.5, 0.6) is 0 Å². The average molecular weight is 273 g/mol.